The van der Waals surface area contributed by atoms with Gasteiger partial charge in [0.15, 0.2) is 0 Å². The Bertz CT molecular complexity index is 311. The Morgan fingerprint density at radius 2 is 1.83 bits per heavy atom. The van der Waals surface area contributed by atoms with E-state index in [4.69, 9.17) is 16.3 Å². The Hall–Kier alpha value is -0.730. The third kappa shape index (κ3) is 7.57. The molecule has 2 nitrogen and oxygen atoms in total. The van der Waals surface area contributed by atoms with Crippen molar-refractivity contribution in [3.63, 3.8) is 0 Å². The standard InChI is InChI=1S/C15H24ClNO/c1-13(2)9-11-17-10-3-4-12-18-15-7-5-14(16)6-8-15/h5-8,13,17H,3-4,9-12H2,1-2H3. The molecule has 0 atom stereocenters. The summed E-state index contributed by atoms with van der Waals surface area (Å²) < 4.78 is 5.62. The van der Waals surface area contributed by atoms with Crippen molar-refractivity contribution >= 4 is 11.6 Å². The van der Waals surface area contributed by atoms with Crippen molar-refractivity contribution in [2.75, 3.05) is 19.7 Å². The molecule has 1 aromatic carbocycles. The highest BCUT2D eigenvalue weighted by Gasteiger charge is 1.95. The molecule has 1 rings (SSSR count). The first-order chi connectivity index (χ1) is 8.68. The number of halogens is 1. The highest BCUT2D eigenvalue weighted by molar-refractivity contribution is 6.30. The van der Waals surface area contributed by atoms with Crippen LogP contribution in [0.3, 0.4) is 0 Å². The number of nitrogens with one attached hydrogen (secondary N) is 1. The molecule has 0 radical (unpaired) electrons. The lowest BCUT2D eigenvalue weighted by Gasteiger charge is -2.08. The van der Waals surface area contributed by atoms with Crippen molar-refractivity contribution in [1.29, 1.82) is 0 Å². The van der Waals surface area contributed by atoms with Crippen LogP contribution in [0.25, 0.3) is 0 Å². The summed E-state index contributed by atoms with van der Waals surface area (Å²) in [7, 11) is 0. The van der Waals surface area contributed by atoms with Gasteiger partial charge in [-0.1, -0.05) is 25.4 Å². The van der Waals surface area contributed by atoms with Crippen molar-refractivity contribution in [2.24, 2.45) is 5.92 Å². The maximum Gasteiger partial charge on any atom is 0.119 e. The molecule has 0 saturated carbocycles. The molecule has 0 aliphatic carbocycles. The van der Waals surface area contributed by atoms with Crippen LogP contribution < -0.4 is 10.1 Å². The van der Waals surface area contributed by atoms with Gasteiger partial charge in [-0.3, -0.25) is 0 Å². The lowest BCUT2D eigenvalue weighted by atomic mass is 10.1. The van der Waals surface area contributed by atoms with E-state index in [1.165, 1.54) is 6.42 Å². The number of hydrogen-bond donors (Lipinski definition) is 1. The molecular formula is C15H24ClNO. The Morgan fingerprint density at radius 1 is 1.11 bits per heavy atom. The zero-order valence-corrected chi connectivity index (χ0v) is 12.2. The molecule has 3 heteroatoms. The fourth-order valence-electron chi connectivity index (χ4n) is 1.59. The summed E-state index contributed by atoms with van der Waals surface area (Å²) in [4.78, 5) is 0. The Kier molecular flexibility index (Phi) is 7.86. The first kappa shape index (κ1) is 15.3. The van der Waals surface area contributed by atoms with E-state index in [9.17, 15) is 0 Å². The summed E-state index contributed by atoms with van der Waals surface area (Å²) in [5.74, 6) is 1.68. The van der Waals surface area contributed by atoms with Crippen LogP contribution in [0.1, 0.15) is 33.1 Å². The van der Waals surface area contributed by atoms with Crippen molar-refractivity contribution in [3.05, 3.63) is 29.3 Å². The SMILES string of the molecule is CC(C)CCNCCCCOc1ccc(Cl)cc1. The van der Waals surface area contributed by atoms with Gasteiger partial charge in [-0.15, -0.1) is 0 Å². The number of unbranched alkanes of at least 4 members (excludes halogenated alkanes) is 1. The van der Waals surface area contributed by atoms with Gasteiger partial charge in [0.05, 0.1) is 6.61 Å². The predicted octanol–water partition coefficient (Wildman–Crippen LogP) is 4.13. The van der Waals surface area contributed by atoms with Gasteiger partial charge < -0.3 is 10.1 Å². The highest BCUT2D eigenvalue weighted by atomic mass is 35.5. The minimum absolute atomic E-state index is 0.747. The topological polar surface area (TPSA) is 21.3 Å². The second-order valence-electron chi connectivity index (χ2n) is 4.94. The van der Waals surface area contributed by atoms with Crippen molar-refractivity contribution < 1.29 is 4.74 Å². The van der Waals surface area contributed by atoms with E-state index in [1.54, 1.807) is 0 Å². The van der Waals surface area contributed by atoms with E-state index in [1.807, 2.05) is 24.3 Å². The second-order valence-corrected chi connectivity index (χ2v) is 5.38. The van der Waals surface area contributed by atoms with Gasteiger partial charge >= 0.3 is 0 Å². The zero-order chi connectivity index (χ0) is 13.2. The average molecular weight is 270 g/mol. The van der Waals surface area contributed by atoms with Crippen LogP contribution >= 0.6 is 11.6 Å². The molecule has 0 amide bonds. The Morgan fingerprint density at radius 3 is 2.50 bits per heavy atom. The van der Waals surface area contributed by atoms with E-state index in [0.717, 1.165) is 49.2 Å². The molecule has 0 spiro atoms. The number of benzene rings is 1. The quantitative estimate of drug-likeness (QED) is 0.681. The molecule has 0 aliphatic heterocycles. The number of rotatable bonds is 9. The van der Waals surface area contributed by atoms with Crippen molar-refractivity contribution in [1.82, 2.24) is 5.32 Å². The van der Waals surface area contributed by atoms with Crippen LogP contribution in [0, 0.1) is 5.92 Å². The molecule has 0 bridgehead atoms. The maximum absolute atomic E-state index is 5.80. The van der Waals surface area contributed by atoms with Crippen LogP contribution in [0.4, 0.5) is 0 Å². The van der Waals surface area contributed by atoms with Crippen LogP contribution in [-0.4, -0.2) is 19.7 Å². The molecule has 1 aromatic rings. The highest BCUT2D eigenvalue weighted by Crippen LogP contribution is 2.15. The van der Waals surface area contributed by atoms with Crippen molar-refractivity contribution in [2.45, 2.75) is 33.1 Å². The van der Waals surface area contributed by atoms with E-state index in [2.05, 4.69) is 19.2 Å². The second kappa shape index (κ2) is 9.23. The summed E-state index contributed by atoms with van der Waals surface area (Å²) in [5, 5.41) is 4.20. The molecular weight excluding hydrogens is 246 g/mol. The van der Waals surface area contributed by atoms with Gasteiger partial charge in [0.25, 0.3) is 0 Å². The first-order valence-electron chi connectivity index (χ1n) is 6.77. The zero-order valence-electron chi connectivity index (χ0n) is 11.4. The minimum atomic E-state index is 0.747. The van der Waals surface area contributed by atoms with Crippen LogP contribution in [0.2, 0.25) is 5.02 Å². The summed E-state index contributed by atoms with van der Waals surface area (Å²) >= 11 is 5.80. The van der Waals surface area contributed by atoms with Gasteiger partial charge in [0.2, 0.25) is 0 Å². The largest absolute Gasteiger partial charge is 0.494 e. The lowest BCUT2D eigenvalue weighted by Crippen LogP contribution is -2.18. The van der Waals surface area contributed by atoms with E-state index >= 15 is 0 Å². The fraction of sp³-hybridized carbons (Fsp3) is 0.600. The smallest absolute Gasteiger partial charge is 0.119 e. The van der Waals surface area contributed by atoms with Crippen LogP contribution in [0.15, 0.2) is 24.3 Å². The van der Waals surface area contributed by atoms with Crippen LogP contribution in [0.5, 0.6) is 5.75 Å². The van der Waals surface area contributed by atoms with Gasteiger partial charge in [-0.2, -0.15) is 0 Å². The molecule has 0 fully saturated rings. The maximum atomic E-state index is 5.80. The molecule has 1 N–H and O–H groups in total. The molecule has 0 saturated heterocycles. The third-order valence-corrected chi connectivity index (χ3v) is 2.98. The molecule has 0 heterocycles. The Balaban J connectivity index is 1.94. The molecule has 0 aliphatic rings. The molecule has 102 valence electrons. The number of ether oxygens (including phenoxy) is 1. The summed E-state index contributed by atoms with van der Waals surface area (Å²) in [6.45, 7) is 7.48. The number of hydrogen-bond acceptors (Lipinski definition) is 2. The van der Waals surface area contributed by atoms with E-state index < -0.39 is 0 Å². The first-order valence-corrected chi connectivity index (χ1v) is 7.15. The minimum Gasteiger partial charge on any atom is -0.494 e. The van der Waals surface area contributed by atoms with Gasteiger partial charge in [0.1, 0.15) is 5.75 Å². The van der Waals surface area contributed by atoms with Crippen molar-refractivity contribution in [3.8, 4) is 5.75 Å². The average Bonchev–Trinajstić information content (AvgIpc) is 2.34. The Labute approximate surface area is 116 Å². The van der Waals surface area contributed by atoms with Gasteiger partial charge in [0, 0.05) is 5.02 Å². The predicted molar refractivity (Wildman–Crippen MR) is 78.5 cm³/mol. The summed E-state index contributed by atoms with van der Waals surface area (Å²) in [6.07, 6.45) is 3.49. The lowest BCUT2D eigenvalue weighted by molar-refractivity contribution is 0.305. The van der Waals surface area contributed by atoms with Gasteiger partial charge in [-0.05, 0) is 62.5 Å². The van der Waals surface area contributed by atoms with Crippen LogP contribution in [-0.2, 0) is 0 Å². The monoisotopic (exact) mass is 269 g/mol. The molecule has 18 heavy (non-hydrogen) atoms. The third-order valence-electron chi connectivity index (χ3n) is 2.73. The van der Waals surface area contributed by atoms with E-state index in [-0.39, 0.29) is 0 Å². The molecule has 0 unspecified atom stereocenters. The normalized spacial score (nSPS) is 10.9. The molecule has 0 aromatic heterocycles. The summed E-state index contributed by atoms with van der Waals surface area (Å²) in [6, 6.07) is 7.52. The fourth-order valence-corrected chi connectivity index (χ4v) is 1.71. The van der Waals surface area contributed by atoms with Gasteiger partial charge in [-0.25, -0.2) is 0 Å². The van der Waals surface area contributed by atoms with E-state index in [0.29, 0.717) is 0 Å². The summed E-state index contributed by atoms with van der Waals surface area (Å²) in [5.41, 5.74) is 0.